The SMILES string of the molecule is Cc1ccc(-c2oc(C(C)Cl)nc2C)cc1. The fourth-order valence-corrected chi connectivity index (χ4v) is 1.65. The third-order valence-electron chi connectivity index (χ3n) is 2.47. The average Bonchev–Trinajstić information content (AvgIpc) is 2.62. The Hall–Kier alpha value is -1.28. The highest BCUT2D eigenvalue weighted by Crippen LogP contribution is 2.28. The van der Waals surface area contributed by atoms with Gasteiger partial charge in [0.2, 0.25) is 5.89 Å². The van der Waals surface area contributed by atoms with E-state index in [1.807, 2.05) is 26.0 Å². The molecule has 0 bridgehead atoms. The van der Waals surface area contributed by atoms with Gasteiger partial charge in [-0.2, -0.15) is 0 Å². The molecule has 0 fully saturated rings. The molecule has 16 heavy (non-hydrogen) atoms. The lowest BCUT2D eigenvalue weighted by Gasteiger charge is -1.98. The van der Waals surface area contributed by atoms with Crippen LogP contribution in [0.3, 0.4) is 0 Å². The highest BCUT2D eigenvalue weighted by Gasteiger charge is 2.14. The van der Waals surface area contributed by atoms with Crippen molar-refractivity contribution >= 4 is 11.6 Å². The van der Waals surface area contributed by atoms with E-state index in [0.29, 0.717) is 5.89 Å². The maximum Gasteiger partial charge on any atom is 0.212 e. The Balaban J connectivity index is 2.44. The number of nitrogens with zero attached hydrogens (tertiary/aromatic N) is 1. The van der Waals surface area contributed by atoms with Crippen molar-refractivity contribution in [1.29, 1.82) is 0 Å². The summed E-state index contributed by atoms with van der Waals surface area (Å²) in [6.07, 6.45) is 0. The second-order valence-corrected chi connectivity index (χ2v) is 4.60. The summed E-state index contributed by atoms with van der Waals surface area (Å²) in [7, 11) is 0. The summed E-state index contributed by atoms with van der Waals surface area (Å²) in [5, 5.41) is -0.196. The maximum atomic E-state index is 5.94. The van der Waals surface area contributed by atoms with Crippen LogP contribution in [-0.4, -0.2) is 4.98 Å². The molecule has 0 aliphatic carbocycles. The zero-order valence-electron chi connectivity index (χ0n) is 9.62. The molecule has 1 heterocycles. The van der Waals surface area contributed by atoms with E-state index < -0.39 is 0 Å². The number of benzene rings is 1. The molecular weight excluding hydrogens is 222 g/mol. The molecule has 0 saturated heterocycles. The minimum atomic E-state index is -0.196. The quantitative estimate of drug-likeness (QED) is 0.727. The molecule has 1 atom stereocenters. The molecule has 3 heteroatoms. The van der Waals surface area contributed by atoms with Crippen LogP contribution in [-0.2, 0) is 0 Å². The van der Waals surface area contributed by atoms with Crippen molar-refractivity contribution in [3.05, 3.63) is 41.4 Å². The Morgan fingerprint density at radius 3 is 2.31 bits per heavy atom. The molecule has 2 nitrogen and oxygen atoms in total. The van der Waals surface area contributed by atoms with Crippen molar-refractivity contribution in [2.24, 2.45) is 0 Å². The molecule has 0 spiro atoms. The zero-order chi connectivity index (χ0) is 11.7. The van der Waals surface area contributed by atoms with E-state index in [2.05, 4.69) is 24.0 Å². The van der Waals surface area contributed by atoms with Crippen LogP contribution in [0.1, 0.15) is 29.4 Å². The summed E-state index contributed by atoms with van der Waals surface area (Å²) in [4.78, 5) is 4.31. The van der Waals surface area contributed by atoms with Crippen LogP contribution >= 0.6 is 11.6 Å². The van der Waals surface area contributed by atoms with Crippen molar-refractivity contribution < 1.29 is 4.42 Å². The molecule has 1 unspecified atom stereocenters. The van der Waals surface area contributed by atoms with Crippen LogP contribution in [0.2, 0.25) is 0 Å². The topological polar surface area (TPSA) is 26.0 Å². The molecule has 0 saturated carbocycles. The van der Waals surface area contributed by atoms with Gasteiger partial charge in [0.1, 0.15) is 5.38 Å². The Labute approximate surface area is 100 Å². The van der Waals surface area contributed by atoms with Crippen molar-refractivity contribution in [3.63, 3.8) is 0 Å². The van der Waals surface area contributed by atoms with Crippen LogP contribution in [0.4, 0.5) is 0 Å². The van der Waals surface area contributed by atoms with Gasteiger partial charge in [0.15, 0.2) is 5.76 Å². The highest BCUT2D eigenvalue weighted by molar-refractivity contribution is 6.20. The number of alkyl halides is 1. The monoisotopic (exact) mass is 235 g/mol. The molecule has 1 aromatic carbocycles. The molecule has 84 valence electrons. The lowest BCUT2D eigenvalue weighted by Crippen LogP contribution is -1.82. The van der Waals surface area contributed by atoms with E-state index in [-0.39, 0.29) is 5.38 Å². The third kappa shape index (κ3) is 2.12. The van der Waals surface area contributed by atoms with Gasteiger partial charge in [-0.1, -0.05) is 29.8 Å². The fraction of sp³-hybridized carbons (Fsp3) is 0.308. The van der Waals surface area contributed by atoms with Gasteiger partial charge in [-0.3, -0.25) is 0 Å². The van der Waals surface area contributed by atoms with Gasteiger partial charge in [0, 0.05) is 5.56 Å². The predicted octanol–water partition coefficient (Wildman–Crippen LogP) is 4.26. The van der Waals surface area contributed by atoms with Crippen molar-refractivity contribution in [2.75, 3.05) is 0 Å². The number of aromatic nitrogens is 1. The third-order valence-corrected chi connectivity index (χ3v) is 2.65. The van der Waals surface area contributed by atoms with Crippen molar-refractivity contribution in [2.45, 2.75) is 26.1 Å². The van der Waals surface area contributed by atoms with Crippen LogP contribution in [0.15, 0.2) is 28.7 Å². The van der Waals surface area contributed by atoms with Gasteiger partial charge in [-0.05, 0) is 20.8 Å². The summed E-state index contributed by atoms with van der Waals surface area (Å²) in [6.45, 7) is 5.84. The van der Waals surface area contributed by atoms with Gasteiger partial charge in [0.05, 0.1) is 5.69 Å². The zero-order valence-corrected chi connectivity index (χ0v) is 10.4. The Morgan fingerprint density at radius 2 is 1.81 bits per heavy atom. The standard InChI is InChI=1S/C13H14ClNO/c1-8-4-6-11(7-5-8)12-10(3)15-13(16-12)9(2)14/h4-7,9H,1-3H3. The van der Waals surface area contributed by atoms with Gasteiger partial charge in [0.25, 0.3) is 0 Å². The Kier molecular flexibility index (Phi) is 3.01. The number of halogens is 1. The lowest BCUT2D eigenvalue weighted by atomic mass is 10.1. The van der Waals surface area contributed by atoms with Crippen LogP contribution < -0.4 is 0 Å². The second-order valence-electron chi connectivity index (χ2n) is 3.95. The van der Waals surface area contributed by atoms with Gasteiger partial charge in [-0.15, -0.1) is 11.6 Å². The number of hydrogen-bond acceptors (Lipinski definition) is 2. The molecule has 0 aliphatic heterocycles. The van der Waals surface area contributed by atoms with Crippen LogP contribution in [0.5, 0.6) is 0 Å². The normalized spacial score (nSPS) is 12.8. The molecule has 0 radical (unpaired) electrons. The maximum absolute atomic E-state index is 5.94. The van der Waals surface area contributed by atoms with E-state index in [1.54, 1.807) is 0 Å². The lowest BCUT2D eigenvalue weighted by molar-refractivity contribution is 0.508. The molecule has 2 rings (SSSR count). The summed E-state index contributed by atoms with van der Waals surface area (Å²) in [5.74, 6) is 1.39. The first-order valence-electron chi connectivity index (χ1n) is 5.26. The first-order chi connectivity index (χ1) is 7.58. The van der Waals surface area contributed by atoms with Crippen molar-refractivity contribution in [3.8, 4) is 11.3 Å². The summed E-state index contributed by atoms with van der Waals surface area (Å²) < 4.78 is 5.66. The molecule has 0 N–H and O–H groups in total. The number of rotatable bonds is 2. The number of oxazole rings is 1. The predicted molar refractivity (Wildman–Crippen MR) is 65.7 cm³/mol. The van der Waals surface area contributed by atoms with E-state index in [1.165, 1.54) is 5.56 Å². The number of hydrogen-bond donors (Lipinski definition) is 0. The average molecular weight is 236 g/mol. The second kappa shape index (κ2) is 4.30. The van der Waals surface area contributed by atoms with Crippen molar-refractivity contribution in [1.82, 2.24) is 4.98 Å². The van der Waals surface area contributed by atoms with E-state index in [9.17, 15) is 0 Å². The van der Waals surface area contributed by atoms with Gasteiger partial charge < -0.3 is 4.42 Å². The molecule has 0 amide bonds. The summed E-state index contributed by atoms with van der Waals surface area (Å²) in [6, 6.07) is 8.18. The summed E-state index contributed by atoms with van der Waals surface area (Å²) in [5.41, 5.74) is 3.15. The van der Waals surface area contributed by atoms with Gasteiger partial charge in [-0.25, -0.2) is 4.98 Å². The van der Waals surface area contributed by atoms with Gasteiger partial charge >= 0.3 is 0 Å². The van der Waals surface area contributed by atoms with Crippen LogP contribution in [0, 0.1) is 13.8 Å². The molecule has 1 aromatic heterocycles. The number of aryl methyl sites for hydroxylation is 2. The molecule has 2 aromatic rings. The smallest absolute Gasteiger partial charge is 0.212 e. The summed E-state index contributed by atoms with van der Waals surface area (Å²) >= 11 is 5.94. The van der Waals surface area contributed by atoms with E-state index in [4.69, 9.17) is 16.0 Å². The van der Waals surface area contributed by atoms with E-state index >= 15 is 0 Å². The first kappa shape index (κ1) is 11.2. The molecule has 0 aliphatic rings. The van der Waals surface area contributed by atoms with Crippen LogP contribution in [0.25, 0.3) is 11.3 Å². The fourth-order valence-electron chi connectivity index (χ4n) is 1.56. The largest absolute Gasteiger partial charge is 0.439 e. The Bertz CT molecular complexity index is 485. The minimum Gasteiger partial charge on any atom is -0.439 e. The first-order valence-corrected chi connectivity index (χ1v) is 5.70. The highest BCUT2D eigenvalue weighted by atomic mass is 35.5. The van der Waals surface area contributed by atoms with E-state index in [0.717, 1.165) is 17.0 Å². The molecular formula is C13H14ClNO. The Morgan fingerprint density at radius 1 is 1.19 bits per heavy atom. The minimum absolute atomic E-state index is 0.196.